The lowest BCUT2D eigenvalue weighted by atomic mass is 9.67. The van der Waals surface area contributed by atoms with Crippen LogP contribution in [0.5, 0.6) is 0 Å². The van der Waals surface area contributed by atoms with Crippen LogP contribution in [0.15, 0.2) is 146 Å². The van der Waals surface area contributed by atoms with E-state index in [1.165, 1.54) is 78.0 Å². The molecule has 0 spiro atoms. The van der Waals surface area contributed by atoms with Crippen molar-refractivity contribution in [3.05, 3.63) is 196 Å². The van der Waals surface area contributed by atoms with Gasteiger partial charge in [0, 0.05) is 41.2 Å². The van der Waals surface area contributed by atoms with Gasteiger partial charge in [-0.3, -0.25) is 0 Å². The Kier molecular flexibility index (Phi) is 7.20. The fraction of sp³-hybridized carbons (Fsp3) is 0.143. The van der Waals surface area contributed by atoms with E-state index in [2.05, 4.69) is 154 Å². The van der Waals surface area contributed by atoms with Gasteiger partial charge in [-0.05, 0) is 118 Å². The Bertz CT molecular complexity index is 2620. The standard InChI is InChI=1S/C49H36N4/c1-51-38-21-25-46-35(29-38)13-11-27-53(46)47-31-44-48(41-19-9-8-18-40(41)47)42-23-22-39(52-26-10-12-34-28-33(32-50)20-24-45(34)52)30-43(42)49(44,36-14-4-2-5-15-36)37-16-6-3-7-17-37/h2-9,14-25,28-31H,10-13,26-27H2. The molecule has 252 valence electrons. The SMILES string of the molecule is [C-]#[N+]c1ccc2c(c1)CCCN2c1cc2c(c3ccccc13)-c1ccc(N3CCCc4cc(C#N)ccc43)cc1C2(c1ccccc1)c1ccccc1. The molecule has 0 N–H and O–H groups in total. The highest BCUT2D eigenvalue weighted by atomic mass is 15.1. The molecule has 7 aromatic rings. The van der Waals surface area contributed by atoms with E-state index in [1.54, 1.807) is 0 Å². The minimum atomic E-state index is -0.585. The van der Waals surface area contributed by atoms with Gasteiger partial charge in [-0.15, -0.1) is 0 Å². The molecule has 4 heteroatoms. The second-order valence-electron chi connectivity index (χ2n) is 14.5. The Balaban J connectivity index is 1.28. The molecule has 0 amide bonds. The molecule has 0 unspecified atom stereocenters. The predicted molar refractivity (Wildman–Crippen MR) is 216 cm³/mol. The van der Waals surface area contributed by atoms with E-state index in [4.69, 9.17) is 6.57 Å². The van der Waals surface area contributed by atoms with Crippen LogP contribution in [0.4, 0.5) is 28.4 Å². The first-order chi connectivity index (χ1) is 26.2. The van der Waals surface area contributed by atoms with Crippen LogP contribution in [0.3, 0.4) is 0 Å². The molecule has 0 radical (unpaired) electrons. The Labute approximate surface area is 310 Å². The summed E-state index contributed by atoms with van der Waals surface area (Å²) >= 11 is 0. The highest BCUT2D eigenvalue weighted by Gasteiger charge is 2.48. The summed E-state index contributed by atoms with van der Waals surface area (Å²) in [5, 5.41) is 12.1. The summed E-state index contributed by atoms with van der Waals surface area (Å²) in [6.45, 7) is 9.50. The number of hydrogen-bond acceptors (Lipinski definition) is 3. The van der Waals surface area contributed by atoms with Gasteiger partial charge in [-0.2, -0.15) is 5.26 Å². The van der Waals surface area contributed by atoms with E-state index in [-0.39, 0.29) is 0 Å². The van der Waals surface area contributed by atoms with Gasteiger partial charge in [0.2, 0.25) is 0 Å². The summed E-state index contributed by atoms with van der Waals surface area (Å²) < 4.78 is 0. The van der Waals surface area contributed by atoms with Gasteiger partial charge in [0.1, 0.15) is 0 Å². The van der Waals surface area contributed by atoms with Gasteiger partial charge in [0.15, 0.2) is 5.69 Å². The summed E-state index contributed by atoms with van der Waals surface area (Å²) in [6, 6.07) is 55.4. The molecule has 0 saturated carbocycles. The number of aryl methyl sites for hydroxylation is 2. The van der Waals surface area contributed by atoms with Crippen molar-refractivity contribution in [1.82, 2.24) is 0 Å². The Hall–Kier alpha value is -6.62. The van der Waals surface area contributed by atoms with E-state index >= 15 is 0 Å². The summed E-state index contributed by atoms with van der Waals surface area (Å²) in [6.07, 6.45) is 4.01. The lowest BCUT2D eigenvalue weighted by molar-refractivity contribution is 0.752. The fourth-order valence-electron chi connectivity index (χ4n) is 9.54. The van der Waals surface area contributed by atoms with Crippen LogP contribution < -0.4 is 9.80 Å². The zero-order valence-corrected chi connectivity index (χ0v) is 29.4. The van der Waals surface area contributed by atoms with Gasteiger partial charge in [-0.25, -0.2) is 4.85 Å². The van der Waals surface area contributed by atoms with Crippen molar-refractivity contribution in [2.75, 3.05) is 22.9 Å². The predicted octanol–water partition coefficient (Wildman–Crippen LogP) is 11.8. The number of anilines is 4. The average molecular weight is 681 g/mol. The Morgan fingerprint density at radius 3 is 1.94 bits per heavy atom. The van der Waals surface area contributed by atoms with Crippen molar-refractivity contribution in [3.8, 4) is 17.2 Å². The maximum absolute atomic E-state index is 9.66. The molecule has 10 rings (SSSR count). The molecule has 1 aliphatic carbocycles. The largest absolute Gasteiger partial charge is 0.341 e. The highest BCUT2D eigenvalue weighted by Crippen LogP contribution is 2.60. The molecule has 0 saturated heterocycles. The minimum absolute atomic E-state index is 0.585. The van der Waals surface area contributed by atoms with E-state index < -0.39 is 5.41 Å². The molecule has 3 aliphatic rings. The van der Waals surface area contributed by atoms with Crippen molar-refractivity contribution in [1.29, 1.82) is 5.26 Å². The number of benzene rings is 7. The molecule has 2 heterocycles. The van der Waals surface area contributed by atoms with Crippen LogP contribution in [-0.4, -0.2) is 13.1 Å². The zero-order valence-electron chi connectivity index (χ0n) is 29.4. The molecular weight excluding hydrogens is 645 g/mol. The molecule has 0 fully saturated rings. The molecule has 2 aliphatic heterocycles. The quantitative estimate of drug-likeness (QED) is 0.174. The third-order valence-corrected chi connectivity index (χ3v) is 11.8. The summed E-state index contributed by atoms with van der Waals surface area (Å²) in [7, 11) is 0. The smallest absolute Gasteiger partial charge is 0.187 e. The van der Waals surface area contributed by atoms with E-state index in [1.807, 2.05) is 12.1 Å². The zero-order chi connectivity index (χ0) is 35.5. The maximum atomic E-state index is 9.66. The number of hydrogen-bond donors (Lipinski definition) is 0. The number of rotatable bonds is 4. The first kappa shape index (κ1) is 31.1. The van der Waals surface area contributed by atoms with Crippen molar-refractivity contribution in [2.45, 2.75) is 31.1 Å². The fourth-order valence-corrected chi connectivity index (χ4v) is 9.54. The van der Waals surface area contributed by atoms with E-state index in [0.717, 1.165) is 38.8 Å². The first-order valence-electron chi connectivity index (χ1n) is 18.6. The average Bonchev–Trinajstić information content (AvgIpc) is 3.53. The van der Waals surface area contributed by atoms with Gasteiger partial charge in [0.25, 0.3) is 0 Å². The molecule has 0 bridgehead atoms. The minimum Gasteiger partial charge on any atom is -0.341 e. The maximum Gasteiger partial charge on any atom is 0.187 e. The van der Waals surface area contributed by atoms with Crippen molar-refractivity contribution in [3.63, 3.8) is 0 Å². The molecular formula is C49H36N4. The third kappa shape index (κ3) is 4.66. The van der Waals surface area contributed by atoms with Gasteiger partial charge < -0.3 is 9.80 Å². The van der Waals surface area contributed by atoms with Crippen LogP contribution >= 0.6 is 0 Å². The van der Waals surface area contributed by atoms with Crippen LogP contribution in [0.25, 0.3) is 26.7 Å². The van der Waals surface area contributed by atoms with Crippen LogP contribution in [-0.2, 0) is 18.3 Å². The lowest BCUT2D eigenvalue weighted by Gasteiger charge is -2.37. The topological polar surface area (TPSA) is 34.6 Å². The number of fused-ring (bicyclic) bond motifs is 7. The van der Waals surface area contributed by atoms with Crippen molar-refractivity contribution >= 4 is 39.2 Å². The second kappa shape index (κ2) is 12.3. The molecule has 7 aromatic carbocycles. The van der Waals surface area contributed by atoms with Crippen LogP contribution in [0.1, 0.15) is 51.8 Å². The third-order valence-electron chi connectivity index (χ3n) is 11.8. The van der Waals surface area contributed by atoms with Crippen molar-refractivity contribution < 1.29 is 0 Å². The van der Waals surface area contributed by atoms with Gasteiger partial charge >= 0.3 is 0 Å². The summed E-state index contributed by atoms with van der Waals surface area (Å²) in [5.41, 5.74) is 15.7. The normalized spacial score (nSPS) is 15.1. The monoisotopic (exact) mass is 680 g/mol. The van der Waals surface area contributed by atoms with Crippen LogP contribution in [0.2, 0.25) is 0 Å². The van der Waals surface area contributed by atoms with E-state index in [0.29, 0.717) is 11.3 Å². The first-order valence-corrected chi connectivity index (χ1v) is 18.6. The highest BCUT2D eigenvalue weighted by molar-refractivity contribution is 6.10. The lowest BCUT2D eigenvalue weighted by Crippen LogP contribution is -2.30. The number of nitriles is 1. The second-order valence-corrected chi connectivity index (χ2v) is 14.5. The molecule has 4 nitrogen and oxygen atoms in total. The van der Waals surface area contributed by atoms with Crippen LogP contribution in [0, 0.1) is 17.9 Å². The van der Waals surface area contributed by atoms with Crippen molar-refractivity contribution in [2.24, 2.45) is 0 Å². The van der Waals surface area contributed by atoms with Gasteiger partial charge in [0.05, 0.1) is 23.6 Å². The van der Waals surface area contributed by atoms with Gasteiger partial charge in [-0.1, -0.05) is 103 Å². The molecule has 0 aromatic heterocycles. The Morgan fingerprint density at radius 2 is 1.23 bits per heavy atom. The molecule has 53 heavy (non-hydrogen) atoms. The summed E-state index contributed by atoms with van der Waals surface area (Å²) in [5.74, 6) is 0. The summed E-state index contributed by atoms with van der Waals surface area (Å²) in [4.78, 5) is 8.72. The number of nitrogens with zero attached hydrogens (tertiary/aromatic N) is 4. The van der Waals surface area contributed by atoms with E-state index in [9.17, 15) is 5.26 Å². The molecule has 0 atom stereocenters. The Morgan fingerprint density at radius 1 is 0.585 bits per heavy atom.